The van der Waals surface area contributed by atoms with Crippen LogP contribution in [0.5, 0.6) is 0 Å². The number of hydrogen-bond acceptors (Lipinski definition) is 3. The lowest BCUT2D eigenvalue weighted by molar-refractivity contribution is -0.122. The zero-order valence-electron chi connectivity index (χ0n) is 12.0. The van der Waals surface area contributed by atoms with E-state index in [1.54, 1.807) is 0 Å². The molecule has 0 saturated carbocycles. The van der Waals surface area contributed by atoms with Crippen LogP contribution in [-0.4, -0.2) is 43.5 Å². The van der Waals surface area contributed by atoms with E-state index < -0.39 is 0 Å². The SMILES string of the molecule is Cc1cc(C)cc(N2CC(CCN)N(C)CC2=O)c1. The van der Waals surface area contributed by atoms with Crippen molar-refractivity contribution in [3.8, 4) is 0 Å². The predicted octanol–water partition coefficient (Wildman–Crippen LogP) is 1.30. The Morgan fingerprint density at radius 2 is 1.89 bits per heavy atom. The fraction of sp³-hybridized carbons (Fsp3) is 0.533. The molecule has 4 nitrogen and oxygen atoms in total. The van der Waals surface area contributed by atoms with Gasteiger partial charge in [-0.25, -0.2) is 0 Å². The summed E-state index contributed by atoms with van der Waals surface area (Å²) >= 11 is 0. The van der Waals surface area contributed by atoms with E-state index in [-0.39, 0.29) is 5.91 Å². The first-order valence-corrected chi connectivity index (χ1v) is 6.80. The van der Waals surface area contributed by atoms with Gasteiger partial charge in [-0.2, -0.15) is 0 Å². The third-order valence-corrected chi connectivity index (χ3v) is 3.72. The number of anilines is 1. The molecule has 1 heterocycles. The third kappa shape index (κ3) is 3.14. The molecule has 104 valence electrons. The number of nitrogens with two attached hydrogens (primary N) is 1. The van der Waals surface area contributed by atoms with E-state index in [9.17, 15) is 4.79 Å². The number of carbonyl (C=O) groups excluding carboxylic acids is 1. The molecule has 1 aromatic carbocycles. The second-order valence-electron chi connectivity index (χ2n) is 5.50. The highest BCUT2D eigenvalue weighted by Crippen LogP contribution is 2.23. The Morgan fingerprint density at radius 1 is 1.26 bits per heavy atom. The highest BCUT2D eigenvalue weighted by Gasteiger charge is 2.30. The van der Waals surface area contributed by atoms with Crippen molar-refractivity contribution < 1.29 is 4.79 Å². The first-order valence-electron chi connectivity index (χ1n) is 6.80. The van der Waals surface area contributed by atoms with E-state index >= 15 is 0 Å². The summed E-state index contributed by atoms with van der Waals surface area (Å²) < 4.78 is 0. The average Bonchev–Trinajstić information content (AvgIpc) is 2.31. The largest absolute Gasteiger partial charge is 0.330 e. The van der Waals surface area contributed by atoms with Crippen LogP contribution in [0, 0.1) is 13.8 Å². The van der Waals surface area contributed by atoms with Gasteiger partial charge in [0.05, 0.1) is 6.54 Å². The number of aryl methyl sites for hydroxylation is 2. The highest BCUT2D eigenvalue weighted by atomic mass is 16.2. The van der Waals surface area contributed by atoms with Crippen LogP contribution in [0.25, 0.3) is 0 Å². The molecule has 19 heavy (non-hydrogen) atoms. The van der Waals surface area contributed by atoms with Crippen LogP contribution < -0.4 is 10.6 Å². The molecule has 0 spiro atoms. The summed E-state index contributed by atoms with van der Waals surface area (Å²) in [7, 11) is 2.00. The Hall–Kier alpha value is -1.39. The van der Waals surface area contributed by atoms with Crippen molar-refractivity contribution in [1.82, 2.24) is 4.90 Å². The molecule has 0 aliphatic carbocycles. The summed E-state index contributed by atoms with van der Waals surface area (Å²) in [6, 6.07) is 6.64. The first-order chi connectivity index (χ1) is 9.01. The third-order valence-electron chi connectivity index (χ3n) is 3.72. The zero-order chi connectivity index (χ0) is 14.0. The second kappa shape index (κ2) is 5.72. The Labute approximate surface area is 115 Å². The molecule has 1 aliphatic rings. The summed E-state index contributed by atoms with van der Waals surface area (Å²) in [5.74, 6) is 0.167. The van der Waals surface area contributed by atoms with Gasteiger partial charge in [0, 0.05) is 18.3 Å². The lowest BCUT2D eigenvalue weighted by atomic mass is 10.1. The molecule has 1 aliphatic heterocycles. The fourth-order valence-corrected chi connectivity index (χ4v) is 2.74. The summed E-state index contributed by atoms with van der Waals surface area (Å²) in [5.41, 5.74) is 9.05. The minimum Gasteiger partial charge on any atom is -0.330 e. The van der Waals surface area contributed by atoms with Crippen LogP contribution in [0.4, 0.5) is 5.69 Å². The maximum atomic E-state index is 12.2. The van der Waals surface area contributed by atoms with Crippen LogP contribution in [0.15, 0.2) is 18.2 Å². The van der Waals surface area contributed by atoms with E-state index in [0.717, 1.165) is 18.7 Å². The average molecular weight is 261 g/mol. The Morgan fingerprint density at radius 3 is 2.47 bits per heavy atom. The van der Waals surface area contributed by atoms with E-state index in [1.807, 2.05) is 11.9 Å². The van der Waals surface area contributed by atoms with E-state index in [4.69, 9.17) is 5.73 Å². The smallest absolute Gasteiger partial charge is 0.241 e. The molecule has 0 radical (unpaired) electrons. The predicted molar refractivity (Wildman–Crippen MR) is 78.4 cm³/mol. The van der Waals surface area contributed by atoms with Crippen molar-refractivity contribution in [1.29, 1.82) is 0 Å². The molecule has 1 amide bonds. The molecule has 1 atom stereocenters. The van der Waals surface area contributed by atoms with Gasteiger partial charge in [-0.3, -0.25) is 9.69 Å². The number of amides is 1. The molecule has 0 aromatic heterocycles. The second-order valence-corrected chi connectivity index (χ2v) is 5.50. The van der Waals surface area contributed by atoms with E-state index in [2.05, 4.69) is 36.9 Å². The van der Waals surface area contributed by atoms with Gasteiger partial charge in [0.25, 0.3) is 0 Å². The Bertz CT molecular complexity index is 452. The van der Waals surface area contributed by atoms with E-state index in [1.165, 1.54) is 11.1 Å². The van der Waals surface area contributed by atoms with Crippen molar-refractivity contribution in [2.24, 2.45) is 5.73 Å². The zero-order valence-corrected chi connectivity index (χ0v) is 12.0. The maximum Gasteiger partial charge on any atom is 0.241 e. The molecule has 1 unspecified atom stereocenters. The summed E-state index contributed by atoms with van der Waals surface area (Å²) in [4.78, 5) is 16.2. The molecular weight excluding hydrogens is 238 g/mol. The molecule has 0 bridgehead atoms. The summed E-state index contributed by atoms with van der Waals surface area (Å²) in [6.07, 6.45) is 0.922. The van der Waals surface area contributed by atoms with Gasteiger partial charge >= 0.3 is 0 Å². The number of rotatable bonds is 3. The normalized spacial score (nSPS) is 20.9. The number of nitrogens with zero attached hydrogens (tertiary/aromatic N) is 2. The lowest BCUT2D eigenvalue weighted by Gasteiger charge is -2.39. The van der Waals surface area contributed by atoms with Crippen LogP contribution in [0.1, 0.15) is 17.5 Å². The summed E-state index contributed by atoms with van der Waals surface area (Å²) in [6.45, 7) is 5.99. The van der Waals surface area contributed by atoms with Gasteiger partial charge in [-0.05, 0) is 57.1 Å². The summed E-state index contributed by atoms with van der Waals surface area (Å²) in [5, 5.41) is 0. The monoisotopic (exact) mass is 261 g/mol. The van der Waals surface area contributed by atoms with Crippen LogP contribution in [-0.2, 0) is 4.79 Å². The topological polar surface area (TPSA) is 49.6 Å². The Kier molecular flexibility index (Phi) is 4.22. The van der Waals surface area contributed by atoms with Crippen LogP contribution in [0.2, 0.25) is 0 Å². The van der Waals surface area contributed by atoms with Gasteiger partial charge in [-0.1, -0.05) is 6.07 Å². The van der Waals surface area contributed by atoms with Crippen LogP contribution in [0.3, 0.4) is 0 Å². The molecule has 2 rings (SSSR count). The molecule has 1 saturated heterocycles. The number of piperazine rings is 1. The van der Waals surface area contributed by atoms with Gasteiger partial charge < -0.3 is 10.6 Å². The van der Waals surface area contributed by atoms with E-state index in [0.29, 0.717) is 19.1 Å². The number of benzene rings is 1. The molecule has 1 fully saturated rings. The van der Waals surface area contributed by atoms with Crippen molar-refractivity contribution in [3.63, 3.8) is 0 Å². The molecule has 2 N–H and O–H groups in total. The fourth-order valence-electron chi connectivity index (χ4n) is 2.74. The van der Waals surface area contributed by atoms with Crippen molar-refractivity contribution >= 4 is 11.6 Å². The van der Waals surface area contributed by atoms with Crippen molar-refractivity contribution in [2.75, 3.05) is 31.6 Å². The number of hydrogen-bond donors (Lipinski definition) is 1. The molecular formula is C15H23N3O. The van der Waals surface area contributed by atoms with Crippen LogP contribution >= 0.6 is 0 Å². The van der Waals surface area contributed by atoms with Gasteiger partial charge in [0.2, 0.25) is 5.91 Å². The number of likely N-dealkylation sites (N-methyl/N-ethyl adjacent to an activating group) is 1. The molecule has 1 aromatic rings. The highest BCUT2D eigenvalue weighted by molar-refractivity contribution is 5.95. The Balaban J connectivity index is 2.24. The van der Waals surface area contributed by atoms with Gasteiger partial charge in [0.15, 0.2) is 0 Å². The minimum absolute atomic E-state index is 0.167. The maximum absolute atomic E-state index is 12.2. The van der Waals surface area contributed by atoms with Crippen molar-refractivity contribution in [3.05, 3.63) is 29.3 Å². The standard InChI is InChI=1S/C15H23N3O/c1-11-6-12(2)8-14(7-11)18-9-13(4-5-16)17(3)10-15(18)19/h6-8,13H,4-5,9-10,16H2,1-3H3. The lowest BCUT2D eigenvalue weighted by Crippen LogP contribution is -2.55. The minimum atomic E-state index is 0.167. The van der Waals surface area contributed by atoms with Gasteiger partial charge in [0.1, 0.15) is 0 Å². The molecule has 4 heteroatoms. The number of carbonyl (C=O) groups is 1. The quantitative estimate of drug-likeness (QED) is 0.892. The first kappa shape index (κ1) is 14.0. The van der Waals surface area contributed by atoms with Gasteiger partial charge in [-0.15, -0.1) is 0 Å². The van der Waals surface area contributed by atoms with Crippen molar-refractivity contribution in [2.45, 2.75) is 26.3 Å².